The van der Waals surface area contributed by atoms with Gasteiger partial charge in [0.1, 0.15) is 5.75 Å². The Bertz CT molecular complexity index is 2410. The summed E-state index contributed by atoms with van der Waals surface area (Å²) in [5, 5.41) is 22.4. The summed E-state index contributed by atoms with van der Waals surface area (Å²) in [4.78, 5) is 14.8. The van der Waals surface area contributed by atoms with Gasteiger partial charge in [0.15, 0.2) is 0 Å². The van der Waals surface area contributed by atoms with Crippen LogP contribution in [0.1, 0.15) is 58.2 Å². The average molecular weight is 846 g/mol. The number of benzene rings is 5. The Hall–Kier alpha value is -5.30. The van der Waals surface area contributed by atoms with Crippen LogP contribution in [0.5, 0.6) is 5.75 Å². The summed E-state index contributed by atoms with van der Waals surface area (Å²) in [6.07, 6.45) is 1.81. The van der Waals surface area contributed by atoms with Gasteiger partial charge in [-0.2, -0.15) is 0 Å². The molecule has 0 unspecified atom stereocenters. The maximum Gasteiger partial charge on any atom is 2.00 e. The van der Waals surface area contributed by atoms with Gasteiger partial charge in [0.05, 0.1) is 6.07 Å². The summed E-state index contributed by atoms with van der Waals surface area (Å²) in [5.74, 6) is 0.626. The van der Waals surface area contributed by atoms with Crippen molar-refractivity contribution in [1.29, 1.82) is 5.26 Å². The molecule has 2 aromatic heterocycles. The number of pyridine rings is 1. The quantitative estimate of drug-likeness (QED) is 0.175. The predicted octanol–water partition coefficient (Wildman–Crippen LogP) is 10.9. The summed E-state index contributed by atoms with van der Waals surface area (Å²) in [6, 6.07) is 42.2. The second kappa shape index (κ2) is 13.8. The van der Waals surface area contributed by atoms with E-state index in [4.69, 9.17) is 15.0 Å². The molecule has 0 aliphatic heterocycles. The Morgan fingerprint density at radius 3 is 2.04 bits per heavy atom. The first-order valence-corrected chi connectivity index (χ1v) is 16.8. The third-order valence-electron chi connectivity index (χ3n) is 9.16. The number of imidazole rings is 1. The van der Waals surface area contributed by atoms with E-state index in [1.807, 2.05) is 91.1 Å². The van der Waals surface area contributed by atoms with Gasteiger partial charge in [0, 0.05) is 23.0 Å². The van der Waals surface area contributed by atoms with E-state index in [1.165, 1.54) is 0 Å². The molecule has 0 amide bonds. The van der Waals surface area contributed by atoms with E-state index in [1.54, 1.807) is 0 Å². The smallest absolute Gasteiger partial charge is 0.507 e. The maximum absolute atomic E-state index is 11.7. The molecule has 5 nitrogen and oxygen atoms in total. The number of nitriles is 1. The number of phenols is 1. The molecule has 0 radical (unpaired) electrons. The Labute approximate surface area is 314 Å². The molecule has 0 saturated heterocycles. The summed E-state index contributed by atoms with van der Waals surface area (Å²) >= 11 is 0. The van der Waals surface area contributed by atoms with E-state index in [2.05, 4.69) is 77.9 Å². The maximum atomic E-state index is 11.7. The number of fused-ring (bicyclic) bond motifs is 1. The normalized spacial score (nSPS) is 11.6. The van der Waals surface area contributed by atoms with E-state index < -0.39 is 0 Å². The molecule has 7 rings (SSSR count). The fourth-order valence-electron chi connectivity index (χ4n) is 6.39. The van der Waals surface area contributed by atoms with Crippen molar-refractivity contribution in [2.75, 3.05) is 0 Å². The molecule has 0 aliphatic carbocycles. The fraction of sp³-hybridized carbons (Fsp3) is 0.178. The molecule has 51 heavy (non-hydrogen) atoms. The number of rotatable bonds is 5. The number of nitrogens with zero attached hydrogens (tertiary/aromatic N) is 4. The third-order valence-corrected chi connectivity index (χ3v) is 9.16. The molecule has 0 spiro atoms. The van der Waals surface area contributed by atoms with Gasteiger partial charge in [-0.1, -0.05) is 160 Å². The van der Waals surface area contributed by atoms with E-state index in [9.17, 15) is 10.4 Å². The monoisotopic (exact) mass is 845 g/mol. The molecule has 254 valence electrons. The molecule has 5 aromatic carbocycles. The van der Waals surface area contributed by atoms with Gasteiger partial charge in [-0.05, 0) is 62.1 Å². The van der Waals surface area contributed by atoms with Gasteiger partial charge in [-0.25, -0.2) is 5.26 Å². The van der Waals surface area contributed by atoms with Crippen molar-refractivity contribution >= 4 is 11.0 Å². The van der Waals surface area contributed by atoms with Crippen LogP contribution in [0.4, 0.5) is 0 Å². The molecular weight excluding hydrogens is 808 g/mol. The van der Waals surface area contributed by atoms with Crippen molar-refractivity contribution in [3.8, 4) is 67.8 Å². The Kier molecular flexibility index (Phi) is 9.60. The minimum Gasteiger partial charge on any atom is -0.507 e. The van der Waals surface area contributed by atoms with Crippen LogP contribution in [0.15, 0.2) is 115 Å². The van der Waals surface area contributed by atoms with Crippen molar-refractivity contribution < 1.29 is 26.2 Å². The van der Waals surface area contributed by atoms with Gasteiger partial charge in [0.2, 0.25) is 0 Å². The number of hydrogen-bond donors (Lipinski definition) is 1. The van der Waals surface area contributed by atoms with E-state index in [-0.39, 0.29) is 37.6 Å². The van der Waals surface area contributed by atoms with E-state index in [0.29, 0.717) is 33.5 Å². The topological polar surface area (TPSA) is 83.9 Å². The fourth-order valence-corrected chi connectivity index (χ4v) is 6.39. The van der Waals surface area contributed by atoms with Gasteiger partial charge < -0.3 is 15.1 Å². The SMILES string of the molecule is CC(C)(C)c1cc(-c2nc3cccc(-c4[c-]c(-c5cc(-c6ccccc6)ccn5)cc(-c5ccccc5)c4C#N)c3[n-]2)c(O)c(C(C)(C)C)c1.[Pt+2]. The summed E-state index contributed by atoms with van der Waals surface area (Å²) in [6.45, 7) is 12.8. The summed E-state index contributed by atoms with van der Waals surface area (Å²) in [5.41, 5.74) is 10.6. The first kappa shape index (κ1) is 35.5. The van der Waals surface area contributed by atoms with Crippen molar-refractivity contribution in [2.45, 2.75) is 52.4 Å². The van der Waals surface area contributed by atoms with Crippen molar-refractivity contribution in [3.05, 3.63) is 138 Å². The third kappa shape index (κ3) is 6.90. The Morgan fingerprint density at radius 2 is 1.39 bits per heavy atom. The minimum absolute atomic E-state index is 0. The van der Waals surface area contributed by atoms with Crippen molar-refractivity contribution in [1.82, 2.24) is 15.0 Å². The van der Waals surface area contributed by atoms with Crippen LogP contribution in [0.3, 0.4) is 0 Å². The second-order valence-corrected chi connectivity index (χ2v) is 14.8. The number of phenolic OH excluding ortho intramolecular Hbond substituents is 1. The van der Waals surface area contributed by atoms with Crippen LogP contribution in [0.2, 0.25) is 0 Å². The summed E-state index contributed by atoms with van der Waals surface area (Å²) < 4.78 is 0. The van der Waals surface area contributed by atoms with Crippen molar-refractivity contribution in [2.24, 2.45) is 0 Å². The van der Waals surface area contributed by atoms with Crippen LogP contribution >= 0.6 is 0 Å². The molecule has 0 bridgehead atoms. The average Bonchev–Trinajstić information content (AvgIpc) is 3.55. The number of para-hydroxylation sites is 1. The van der Waals surface area contributed by atoms with Crippen LogP contribution in [-0.2, 0) is 31.9 Å². The zero-order chi connectivity index (χ0) is 35.2. The van der Waals surface area contributed by atoms with Crippen molar-refractivity contribution in [3.63, 3.8) is 0 Å². The van der Waals surface area contributed by atoms with Gasteiger partial charge in [-0.3, -0.25) is 4.98 Å². The van der Waals surface area contributed by atoms with Gasteiger partial charge in [-0.15, -0.1) is 12.1 Å². The standard InChI is InChI=1S/C45H38N4O.Pt/c1-44(2,3)32-25-36(42(50)38(26-32)45(4,5)6)43-48-39-19-13-18-33(41(39)49-43)35-23-31(22-34(37(35)27-46)29-16-11-8-12-17-29)40-24-30(20-21-47-40)28-14-9-7-10-15-28;/h7-22,24-26H,1-6H3,(H-,48,49,50);/q-2;+2. The zero-order valence-corrected chi connectivity index (χ0v) is 31.8. The predicted molar refractivity (Wildman–Crippen MR) is 203 cm³/mol. The second-order valence-electron chi connectivity index (χ2n) is 14.8. The molecule has 6 heteroatoms. The molecule has 0 atom stereocenters. The zero-order valence-electron chi connectivity index (χ0n) is 29.5. The Balaban J connectivity index is 0.00000448. The molecule has 0 saturated carbocycles. The van der Waals surface area contributed by atoms with E-state index in [0.717, 1.165) is 50.2 Å². The molecular formula is C45H38N4OPt. The van der Waals surface area contributed by atoms with Crippen LogP contribution in [-0.4, -0.2) is 15.1 Å². The first-order valence-electron chi connectivity index (χ1n) is 16.8. The van der Waals surface area contributed by atoms with Crippen LogP contribution in [0, 0.1) is 17.4 Å². The minimum atomic E-state index is -0.298. The van der Waals surface area contributed by atoms with E-state index >= 15 is 0 Å². The number of hydrogen-bond acceptors (Lipinski definition) is 4. The van der Waals surface area contributed by atoms with Gasteiger partial charge in [0.25, 0.3) is 0 Å². The number of aromatic hydroxyl groups is 1. The Morgan fingerprint density at radius 1 is 0.706 bits per heavy atom. The van der Waals surface area contributed by atoms with Crippen LogP contribution < -0.4 is 4.98 Å². The molecule has 0 fully saturated rings. The molecule has 2 heterocycles. The molecule has 0 aliphatic rings. The molecule has 7 aromatic rings. The summed E-state index contributed by atoms with van der Waals surface area (Å²) in [7, 11) is 0. The first-order chi connectivity index (χ1) is 23.9. The van der Waals surface area contributed by atoms with Gasteiger partial charge >= 0.3 is 21.1 Å². The van der Waals surface area contributed by atoms with Crippen LogP contribution in [0.25, 0.3) is 67.1 Å². The largest absolute Gasteiger partial charge is 2.00 e. The number of aromatic nitrogens is 3. The molecule has 1 N–H and O–H groups in total.